The molecule has 2 heteroatoms. The van der Waals surface area contributed by atoms with Crippen molar-refractivity contribution in [3.8, 4) is 0 Å². The molecule has 0 aliphatic carbocycles. The van der Waals surface area contributed by atoms with Gasteiger partial charge in [0.25, 0.3) is 0 Å². The lowest BCUT2D eigenvalue weighted by Gasteiger charge is -2.41. The van der Waals surface area contributed by atoms with E-state index >= 15 is 0 Å². The SMILES string of the molecule is CCNC1CC2CCC(C1)N2c1cccc(CC)c1. The Morgan fingerprint density at radius 2 is 1.89 bits per heavy atom. The molecule has 0 amide bonds. The zero-order chi connectivity index (χ0) is 13.2. The highest BCUT2D eigenvalue weighted by Gasteiger charge is 2.40. The van der Waals surface area contributed by atoms with Crippen molar-refractivity contribution in [1.82, 2.24) is 5.32 Å². The molecule has 2 unspecified atom stereocenters. The number of anilines is 1. The van der Waals surface area contributed by atoms with Crippen molar-refractivity contribution < 1.29 is 0 Å². The van der Waals surface area contributed by atoms with Crippen LogP contribution in [0.3, 0.4) is 0 Å². The minimum atomic E-state index is 0.744. The molecule has 2 nitrogen and oxygen atoms in total. The van der Waals surface area contributed by atoms with Gasteiger partial charge in [-0.15, -0.1) is 0 Å². The number of hydrogen-bond donors (Lipinski definition) is 1. The largest absolute Gasteiger partial charge is 0.365 e. The summed E-state index contributed by atoms with van der Waals surface area (Å²) in [5, 5.41) is 3.65. The Labute approximate surface area is 117 Å². The lowest BCUT2D eigenvalue weighted by Crippen LogP contribution is -2.49. The van der Waals surface area contributed by atoms with Crippen LogP contribution < -0.4 is 10.2 Å². The molecule has 2 atom stereocenters. The molecule has 1 aromatic rings. The van der Waals surface area contributed by atoms with Crippen LogP contribution in [0.2, 0.25) is 0 Å². The van der Waals surface area contributed by atoms with Crippen LogP contribution in [0, 0.1) is 0 Å². The lowest BCUT2D eigenvalue weighted by molar-refractivity contribution is 0.361. The van der Waals surface area contributed by atoms with Gasteiger partial charge in [-0.05, 0) is 56.3 Å². The van der Waals surface area contributed by atoms with Crippen LogP contribution >= 0.6 is 0 Å². The van der Waals surface area contributed by atoms with Crippen molar-refractivity contribution in [3.05, 3.63) is 29.8 Å². The molecule has 2 saturated heterocycles. The summed E-state index contributed by atoms with van der Waals surface area (Å²) in [6.07, 6.45) is 6.53. The first-order chi connectivity index (χ1) is 9.31. The van der Waals surface area contributed by atoms with Gasteiger partial charge in [0.1, 0.15) is 0 Å². The van der Waals surface area contributed by atoms with E-state index in [1.165, 1.54) is 36.9 Å². The molecular formula is C17H26N2. The van der Waals surface area contributed by atoms with Crippen LogP contribution in [0.1, 0.15) is 45.1 Å². The molecular weight excluding hydrogens is 232 g/mol. The minimum Gasteiger partial charge on any atom is -0.365 e. The highest BCUT2D eigenvalue weighted by molar-refractivity contribution is 5.52. The van der Waals surface area contributed by atoms with Crippen molar-refractivity contribution in [1.29, 1.82) is 0 Å². The van der Waals surface area contributed by atoms with Gasteiger partial charge in [0.15, 0.2) is 0 Å². The topological polar surface area (TPSA) is 15.3 Å². The quantitative estimate of drug-likeness (QED) is 0.891. The van der Waals surface area contributed by atoms with E-state index in [4.69, 9.17) is 0 Å². The van der Waals surface area contributed by atoms with Crippen molar-refractivity contribution in [2.75, 3.05) is 11.4 Å². The maximum absolute atomic E-state index is 3.65. The fourth-order valence-electron chi connectivity index (χ4n) is 3.99. The van der Waals surface area contributed by atoms with E-state index in [2.05, 4.69) is 48.3 Å². The van der Waals surface area contributed by atoms with E-state index in [1.54, 1.807) is 0 Å². The predicted octanol–water partition coefficient (Wildman–Crippen LogP) is 3.36. The summed E-state index contributed by atoms with van der Waals surface area (Å²) in [7, 11) is 0. The van der Waals surface area contributed by atoms with Gasteiger partial charge in [-0.25, -0.2) is 0 Å². The average molecular weight is 258 g/mol. The van der Waals surface area contributed by atoms with Gasteiger partial charge in [0, 0.05) is 23.8 Å². The van der Waals surface area contributed by atoms with E-state index < -0.39 is 0 Å². The molecule has 2 fully saturated rings. The van der Waals surface area contributed by atoms with Crippen LogP contribution in [0.25, 0.3) is 0 Å². The number of nitrogens with zero attached hydrogens (tertiary/aromatic N) is 1. The fourth-order valence-corrected chi connectivity index (χ4v) is 3.99. The zero-order valence-electron chi connectivity index (χ0n) is 12.2. The van der Waals surface area contributed by atoms with Crippen LogP contribution in [0.15, 0.2) is 24.3 Å². The van der Waals surface area contributed by atoms with Gasteiger partial charge < -0.3 is 10.2 Å². The Balaban J connectivity index is 1.79. The third kappa shape index (κ3) is 2.51. The summed E-state index contributed by atoms with van der Waals surface area (Å²) in [6, 6.07) is 11.4. The molecule has 2 aliphatic heterocycles. The van der Waals surface area contributed by atoms with Crippen LogP contribution in [0.4, 0.5) is 5.69 Å². The highest BCUT2D eigenvalue weighted by atomic mass is 15.2. The molecule has 0 saturated carbocycles. The third-order valence-corrected chi connectivity index (χ3v) is 4.84. The Bertz CT molecular complexity index is 415. The molecule has 104 valence electrons. The van der Waals surface area contributed by atoms with Gasteiger partial charge in [-0.2, -0.15) is 0 Å². The van der Waals surface area contributed by atoms with Gasteiger partial charge in [0.2, 0.25) is 0 Å². The smallest absolute Gasteiger partial charge is 0.0373 e. The molecule has 2 bridgehead atoms. The van der Waals surface area contributed by atoms with Gasteiger partial charge in [-0.3, -0.25) is 0 Å². The molecule has 1 N–H and O–H groups in total. The molecule has 2 aliphatic rings. The first-order valence-electron chi connectivity index (χ1n) is 7.92. The maximum Gasteiger partial charge on any atom is 0.0373 e. The van der Waals surface area contributed by atoms with Crippen LogP contribution in [-0.4, -0.2) is 24.7 Å². The number of hydrogen-bond acceptors (Lipinski definition) is 2. The summed E-state index contributed by atoms with van der Waals surface area (Å²) >= 11 is 0. The van der Waals surface area contributed by atoms with E-state index in [-0.39, 0.29) is 0 Å². The zero-order valence-corrected chi connectivity index (χ0v) is 12.2. The molecule has 0 spiro atoms. The van der Waals surface area contributed by atoms with E-state index in [0.717, 1.165) is 31.1 Å². The Kier molecular flexibility index (Phi) is 3.79. The standard InChI is InChI=1S/C17H26N2/c1-3-13-6-5-7-15(10-13)19-16-8-9-17(19)12-14(11-16)18-4-2/h5-7,10,14,16-18H,3-4,8-9,11-12H2,1-2H3. The lowest BCUT2D eigenvalue weighted by atomic mass is 9.96. The maximum atomic E-state index is 3.65. The van der Waals surface area contributed by atoms with Crippen LogP contribution in [0.5, 0.6) is 0 Å². The summed E-state index contributed by atoms with van der Waals surface area (Å²) in [5.74, 6) is 0. The number of aryl methyl sites for hydroxylation is 1. The number of benzene rings is 1. The molecule has 1 aromatic carbocycles. The van der Waals surface area contributed by atoms with Crippen LogP contribution in [-0.2, 0) is 6.42 Å². The minimum absolute atomic E-state index is 0.744. The third-order valence-electron chi connectivity index (χ3n) is 4.84. The number of fused-ring (bicyclic) bond motifs is 2. The molecule has 19 heavy (non-hydrogen) atoms. The Morgan fingerprint density at radius 1 is 1.16 bits per heavy atom. The molecule has 3 rings (SSSR count). The van der Waals surface area contributed by atoms with Crippen molar-refractivity contribution in [3.63, 3.8) is 0 Å². The monoisotopic (exact) mass is 258 g/mol. The summed E-state index contributed by atoms with van der Waals surface area (Å²) in [5.41, 5.74) is 2.92. The summed E-state index contributed by atoms with van der Waals surface area (Å²) in [6.45, 7) is 5.57. The van der Waals surface area contributed by atoms with Crippen molar-refractivity contribution >= 4 is 5.69 Å². The normalized spacial score (nSPS) is 29.8. The molecule has 0 aromatic heterocycles. The van der Waals surface area contributed by atoms with Crippen molar-refractivity contribution in [2.24, 2.45) is 0 Å². The Hall–Kier alpha value is -1.02. The summed E-state index contributed by atoms with van der Waals surface area (Å²) in [4.78, 5) is 2.72. The van der Waals surface area contributed by atoms with Gasteiger partial charge >= 0.3 is 0 Å². The number of rotatable bonds is 4. The Morgan fingerprint density at radius 3 is 2.53 bits per heavy atom. The van der Waals surface area contributed by atoms with E-state index in [9.17, 15) is 0 Å². The predicted molar refractivity (Wildman–Crippen MR) is 81.8 cm³/mol. The second kappa shape index (κ2) is 5.54. The average Bonchev–Trinajstić information content (AvgIpc) is 2.71. The highest BCUT2D eigenvalue weighted by Crippen LogP contribution is 2.39. The van der Waals surface area contributed by atoms with Gasteiger partial charge in [-0.1, -0.05) is 26.0 Å². The number of nitrogens with one attached hydrogen (secondary N) is 1. The first kappa shape index (κ1) is 13.0. The van der Waals surface area contributed by atoms with Gasteiger partial charge in [0.05, 0.1) is 0 Å². The summed E-state index contributed by atoms with van der Waals surface area (Å²) < 4.78 is 0. The number of piperidine rings is 1. The first-order valence-corrected chi connectivity index (χ1v) is 7.92. The second-order valence-electron chi connectivity index (χ2n) is 6.04. The fraction of sp³-hybridized carbons (Fsp3) is 0.647. The van der Waals surface area contributed by atoms with Crippen molar-refractivity contribution in [2.45, 2.75) is 64.1 Å². The molecule has 2 heterocycles. The molecule has 0 radical (unpaired) electrons. The second-order valence-corrected chi connectivity index (χ2v) is 6.04. The van der Waals surface area contributed by atoms with E-state index in [0.29, 0.717) is 0 Å². The van der Waals surface area contributed by atoms with E-state index in [1.807, 2.05) is 0 Å².